The molecule has 3 N–H and O–H groups in total. The van der Waals surface area contributed by atoms with Crippen LogP contribution in [0.2, 0.25) is 0 Å². The lowest BCUT2D eigenvalue weighted by Crippen LogP contribution is -2.58. The molecule has 0 aromatic heterocycles. The Bertz CT molecular complexity index is 864. The smallest absolute Gasteiger partial charge is 0.266 e. The van der Waals surface area contributed by atoms with Gasteiger partial charge in [-0.3, -0.25) is 9.35 Å². The van der Waals surface area contributed by atoms with Crippen LogP contribution in [0.3, 0.4) is 0 Å². The van der Waals surface area contributed by atoms with E-state index in [1.807, 2.05) is 0 Å². The first-order valence-corrected chi connectivity index (χ1v) is 15.5. The highest BCUT2D eigenvalue weighted by molar-refractivity contribution is 7.85. The van der Waals surface area contributed by atoms with Crippen LogP contribution in [0.4, 0.5) is 0 Å². The van der Waals surface area contributed by atoms with Crippen LogP contribution in [0.15, 0.2) is 0 Å². The van der Waals surface area contributed by atoms with Gasteiger partial charge in [0, 0.05) is 13.0 Å². The van der Waals surface area contributed by atoms with Crippen molar-refractivity contribution in [3.63, 3.8) is 0 Å². The lowest BCUT2D eigenvalue weighted by molar-refractivity contribution is -0.198. The highest BCUT2D eigenvalue weighted by atomic mass is 32.2. The maximum absolute atomic E-state index is 12.3. The van der Waals surface area contributed by atoms with Crippen molar-refractivity contribution in [3.05, 3.63) is 0 Å². The minimum absolute atomic E-state index is 0.0512. The maximum Gasteiger partial charge on any atom is 0.266 e. The molecule has 0 bridgehead atoms. The van der Waals surface area contributed by atoms with E-state index in [1.165, 1.54) is 51.4 Å². The molecule has 35 heavy (non-hydrogen) atoms. The second-order valence-corrected chi connectivity index (χ2v) is 14.3. The number of rotatable bonds is 9. The third-order valence-corrected chi connectivity index (χ3v) is 11.9. The quantitative estimate of drug-likeness (QED) is 0.311. The standard InChI is InChI=1S/C27H47NO6S/c1-18(7-10-24(30)28-14-15-35(31,32)33)20-8-9-21-25-22(11-13-27(20,21)3)26(2)12-5-4-6-19(26)16-23(25)34-17-29/h18-23,25,29H,4-17H2,1-3H3,(H,28,30)(H,31,32,33)/t18-,19?,20+,21+,22+,23-,25-,26-,27+/m0/s1. The minimum atomic E-state index is -4.06. The van der Waals surface area contributed by atoms with Gasteiger partial charge in [-0.25, -0.2) is 0 Å². The summed E-state index contributed by atoms with van der Waals surface area (Å²) in [5, 5.41) is 12.4. The predicted octanol–water partition coefficient (Wildman–Crippen LogP) is 4.40. The summed E-state index contributed by atoms with van der Waals surface area (Å²) >= 11 is 0. The number of hydrogen-bond acceptors (Lipinski definition) is 5. The molecule has 4 aliphatic carbocycles. The van der Waals surface area contributed by atoms with Crippen molar-refractivity contribution in [2.24, 2.45) is 46.3 Å². The van der Waals surface area contributed by atoms with Crippen LogP contribution in [0.25, 0.3) is 0 Å². The highest BCUT2D eigenvalue weighted by Gasteiger charge is 2.62. The number of carbonyl (C=O) groups excluding carboxylic acids is 1. The molecule has 4 aliphatic rings. The topological polar surface area (TPSA) is 113 Å². The van der Waals surface area contributed by atoms with Gasteiger partial charge >= 0.3 is 0 Å². The third-order valence-electron chi connectivity index (χ3n) is 11.1. The van der Waals surface area contributed by atoms with Crippen LogP contribution >= 0.6 is 0 Å². The summed E-state index contributed by atoms with van der Waals surface area (Å²) in [4.78, 5) is 12.3. The second-order valence-electron chi connectivity index (χ2n) is 12.7. The molecule has 4 rings (SSSR count). The van der Waals surface area contributed by atoms with Gasteiger partial charge in [-0.1, -0.05) is 33.6 Å². The predicted molar refractivity (Wildman–Crippen MR) is 135 cm³/mol. The fourth-order valence-corrected chi connectivity index (χ4v) is 9.80. The lowest BCUT2D eigenvalue weighted by Gasteiger charge is -2.62. The molecule has 4 fully saturated rings. The molecule has 0 spiro atoms. The Morgan fingerprint density at radius 1 is 1.09 bits per heavy atom. The molecule has 0 heterocycles. The molecular weight excluding hydrogens is 466 g/mol. The largest absolute Gasteiger partial charge is 0.371 e. The van der Waals surface area contributed by atoms with Crippen molar-refractivity contribution in [1.82, 2.24) is 5.32 Å². The van der Waals surface area contributed by atoms with Gasteiger partial charge in [0.05, 0.1) is 11.9 Å². The molecule has 0 aromatic rings. The molecule has 4 saturated carbocycles. The molecule has 0 saturated heterocycles. The van der Waals surface area contributed by atoms with Crippen LogP contribution < -0.4 is 5.32 Å². The van der Waals surface area contributed by atoms with E-state index in [2.05, 4.69) is 26.1 Å². The minimum Gasteiger partial charge on any atom is -0.371 e. The average molecular weight is 514 g/mol. The zero-order valence-corrected chi connectivity index (χ0v) is 22.7. The Hall–Kier alpha value is -0.700. The highest BCUT2D eigenvalue weighted by Crippen LogP contribution is 2.68. The van der Waals surface area contributed by atoms with Crippen LogP contribution in [0, 0.1) is 46.3 Å². The van der Waals surface area contributed by atoms with E-state index in [0.717, 1.165) is 12.8 Å². The number of fused-ring (bicyclic) bond motifs is 5. The number of hydrogen-bond donors (Lipinski definition) is 3. The molecule has 8 heteroatoms. The SMILES string of the molecule is C[C@@H](CCC(=O)NCCS(=O)(=O)O)[C@H]1CC[C@@H]2[C@@H]3[C@@H](OCO)CC4CCCC[C@]4(C)[C@@H]3CC[C@@]21C. The average Bonchev–Trinajstić information content (AvgIpc) is 3.14. The van der Waals surface area contributed by atoms with Crippen LogP contribution in [0.1, 0.15) is 91.4 Å². The molecule has 202 valence electrons. The van der Waals surface area contributed by atoms with Gasteiger partial charge in [-0.05, 0) is 97.7 Å². The first-order chi connectivity index (χ1) is 16.5. The molecule has 0 aromatic carbocycles. The van der Waals surface area contributed by atoms with Crippen molar-refractivity contribution >= 4 is 16.0 Å². The van der Waals surface area contributed by atoms with E-state index >= 15 is 0 Å². The normalized spacial score (nSPS) is 42.0. The van der Waals surface area contributed by atoms with Crippen LogP contribution in [0.5, 0.6) is 0 Å². The summed E-state index contributed by atoms with van der Waals surface area (Å²) in [7, 11) is -4.06. The van der Waals surface area contributed by atoms with Gasteiger partial charge < -0.3 is 15.2 Å². The van der Waals surface area contributed by atoms with Gasteiger partial charge in [-0.2, -0.15) is 8.42 Å². The number of aliphatic hydroxyl groups excluding tert-OH is 1. The zero-order valence-electron chi connectivity index (χ0n) is 21.9. The summed E-state index contributed by atoms with van der Waals surface area (Å²) in [5.74, 6) is 2.89. The Kier molecular flexibility index (Phi) is 8.26. The van der Waals surface area contributed by atoms with E-state index < -0.39 is 15.9 Å². The monoisotopic (exact) mass is 513 g/mol. The summed E-state index contributed by atoms with van der Waals surface area (Å²) in [6.45, 7) is 7.08. The summed E-state index contributed by atoms with van der Waals surface area (Å²) in [6, 6.07) is 0. The van der Waals surface area contributed by atoms with Crippen molar-refractivity contribution in [3.8, 4) is 0 Å². The van der Waals surface area contributed by atoms with Crippen molar-refractivity contribution in [2.45, 2.75) is 97.5 Å². The Labute approximate surface area is 211 Å². The summed E-state index contributed by atoms with van der Waals surface area (Å²) in [5.41, 5.74) is 0.639. The van der Waals surface area contributed by atoms with Gasteiger partial charge in [0.15, 0.2) is 0 Å². The van der Waals surface area contributed by atoms with E-state index in [9.17, 15) is 18.3 Å². The van der Waals surface area contributed by atoms with Gasteiger partial charge in [0.25, 0.3) is 10.1 Å². The third kappa shape index (κ3) is 5.46. The Morgan fingerprint density at radius 2 is 1.83 bits per heavy atom. The fourth-order valence-electron chi connectivity index (χ4n) is 9.44. The van der Waals surface area contributed by atoms with Crippen LogP contribution in [-0.4, -0.2) is 49.2 Å². The molecule has 9 atom stereocenters. The van der Waals surface area contributed by atoms with E-state index in [0.29, 0.717) is 47.3 Å². The molecule has 1 amide bonds. The first-order valence-electron chi connectivity index (χ1n) is 13.9. The number of carbonyl (C=O) groups is 1. The van der Waals surface area contributed by atoms with E-state index in [1.54, 1.807) is 0 Å². The van der Waals surface area contributed by atoms with Crippen molar-refractivity contribution < 1.29 is 27.6 Å². The molecule has 0 radical (unpaired) electrons. The number of nitrogens with one attached hydrogen (secondary N) is 1. The van der Waals surface area contributed by atoms with E-state index in [-0.39, 0.29) is 30.8 Å². The van der Waals surface area contributed by atoms with Crippen LogP contribution in [-0.2, 0) is 19.6 Å². The number of aliphatic hydroxyl groups is 1. The number of ether oxygens (including phenoxy) is 1. The molecule has 0 aliphatic heterocycles. The summed E-state index contributed by atoms with van der Waals surface area (Å²) in [6.07, 6.45) is 12.6. The molecule has 1 unspecified atom stereocenters. The number of amides is 1. The van der Waals surface area contributed by atoms with Gasteiger partial charge in [0.2, 0.25) is 5.91 Å². The summed E-state index contributed by atoms with van der Waals surface area (Å²) < 4.78 is 36.7. The molecule has 7 nitrogen and oxygen atoms in total. The van der Waals surface area contributed by atoms with Crippen molar-refractivity contribution in [2.75, 3.05) is 19.1 Å². The van der Waals surface area contributed by atoms with E-state index in [4.69, 9.17) is 9.29 Å². The lowest BCUT2D eigenvalue weighted by atomic mass is 9.44. The second kappa shape index (κ2) is 10.6. The molecular formula is C27H47NO6S. The first kappa shape index (κ1) is 27.3. The zero-order chi connectivity index (χ0) is 25.4. The van der Waals surface area contributed by atoms with Crippen molar-refractivity contribution in [1.29, 1.82) is 0 Å². The van der Waals surface area contributed by atoms with Gasteiger partial charge in [-0.15, -0.1) is 0 Å². The Morgan fingerprint density at radius 3 is 2.54 bits per heavy atom. The Balaban J connectivity index is 1.42. The maximum atomic E-state index is 12.3. The van der Waals surface area contributed by atoms with Gasteiger partial charge in [0.1, 0.15) is 6.79 Å². The fraction of sp³-hybridized carbons (Fsp3) is 0.963.